The fourth-order valence-electron chi connectivity index (χ4n) is 2.24. The molecule has 1 atom stereocenters. The van der Waals surface area contributed by atoms with Gasteiger partial charge in [-0.1, -0.05) is 0 Å². The van der Waals surface area contributed by atoms with E-state index in [1.807, 2.05) is 6.92 Å². The zero-order valence-electron chi connectivity index (χ0n) is 11.5. The van der Waals surface area contributed by atoms with Crippen LogP contribution in [0.25, 0.3) is 0 Å². The lowest BCUT2D eigenvalue weighted by Gasteiger charge is -2.29. The van der Waals surface area contributed by atoms with E-state index in [9.17, 15) is 18.0 Å². The van der Waals surface area contributed by atoms with Gasteiger partial charge in [-0.2, -0.15) is 18.3 Å². The van der Waals surface area contributed by atoms with E-state index < -0.39 is 24.7 Å². The lowest BCUT2D eigenvalue weighted by Crippen LogP contribution is -2.45. The van der Waals surface area contributed by atoms with E-state index in [1.165, 1.54) is 17.1 Å². The molecular formula is C13H18F3N3O. The van der Waals surface area contributed by atoms with Crippen LogP contribution in [0.3, 0.4) is 0 Å². The number of nitrogens with zero attached hydrogens (tertiary/aromatic N) is 3. The maximum absolute atomic E-state index is 12.7. The smallest absolute Gasteiger partial charge is 0.326 e. The lowest BCUT2D eigenvalue weighted by atomic mass is 10.1. The van der Waals surface area contributed by atoms with Crippen LogP contribution in [0.15, 0.2) is 12.4 Å². The monoisotopic (exact) mass is 289 g/mol. The molecule has 2 rings (SSSR count). The summed E-state index contributed by atoms with van der Waals surface area (Å²) < 4.78 is 39.6. The molecule has 112 valence electrons. The summed E-state index contributed by atoms with van der Waals surface area (Å²) in [5.74, 6) is -0.413. The van der Waals surface area contributed by atoms with Crippen LogP contribution in [0, 0.1) is 5.92 Å². The van der Waals surface area contributed by atoms with Crippen LogP contribution >= 0.6 is 0 Å². The van der Waals surface area contributed by atoms with Crippen molar-refractivity contribution in [2.45, 2.75) is 45.5 Å². The largest absolute Gasteiger partial charge is 0.406 e. The second kappa shape index (κ2) is 5.46. The molecule has 1 aromatic rings. The first-order valence-corrected chi connectivity index (χ1v) is 6.72. The number of aryl methyl sites for hydroxylation is 1. The highest BCUT2D eigenvalue weighted by Crippen LogP contribution is 2.36. The van der Waals surface area contributed by atoms with Crippen molar-refractivity contribution in [1.29, 1.82) is 0 Å². The molecule has 0 bridgehead atoms. The van der Waals surface area contributed by atoms with Gasteiger partial charge in [0.1, 0.15) is 6.54 Å². The molecule has 7 heteroatoms. The second-order valence-electron chi connectivity index (χ2n) is 5.21. The standard InChI is InChI=1S/C13H18F3N3O/c1-3-18-7-11(6-17-18)12(20)19(8-13(14,15)16)9(2)10-4-5-10/h6-7,9-10H,3-5,8H2,1-2H3/t9-/m0/s1. The van der Waals surface area contributed by atoms with Crippen molar-refractivity contribution in [2.75, 3.05) is 6.54 Å². The minimum atomic E-state index is -4.39. The molecule has 0 N–H and O–H groups in total. The fraction of sp³-hybridized carbons (Fsp3) is 0.692. The Balaban J connectivity index is 2.18. The molecule has 1 aliphatic rings. The number of alkyl halides is 3. The van der Waals surface area contributed by atoms with E-state index in [1.54, 1.807) is 6.92 Å². The summed E-state index contributed by atoms with van der Waals surface area (Å²) in [6.07, 6.45) is 0.202. The van der Waals surface area contributed by atoms with E-state index in [-0.39, 0.29) is 11.5 Å². The van der Waals surface area contributed by atoms with Gasteiger partial charge in [0.05, 0.1) is 11.8 Å². The second-order valence-corrected chi connectivity index (χ2v) is 5.21. The molecular weight excluding hydrogens is 271 g/mol. The maximum Gasteiger partial charge on any atom is 0.406 e. The highest BCUT2D eigenvalue weighted by Gasteiger charge is 2.40. The predicted molar refractivity (Wildman–Crippen MR) is 67.2 cm³/mol. The van der Waals surface area contributed by atoms with Gasteiger partial charge in [0, 0.05) is 18.8 Å². The summed E-state index contributed by atoms with van der Waals surface area (Å²) in [5, 5.41) is 3.94. The number of carbonyl (C=O) groups is 1. The minimum Gasteiger partial charge on any atom is -0.326 e. The Labute approximate surface area is 115 Å². The summed E-state index contributed by atoms with van der Waals surface area (Å²) in [5.41, 5.74) is 0.212. The molecule has 1 fully saturated rings. The third-order valence-corrected chi connectivity index (χ3v) is 3.61. The number of aromatic nitrogens is 2. The normalized spacial score (nSPS) is 17.1. The Kier molecular flexibility index (Phi) is 4.06. The van der Waals surface area contributed by atoms with Crippen molar-refractivity contribution < 1.29 is 18.0 Å². The van der Waals surface area contributed by atoms with Gasteiger partial charge in [-0.25, -0.2) is 0 Å². The Morgan fingerprint density at radius 3 is 2.65 bits per heavy atom. The van der Waals surface area contributed by atoms with Crippen molar-refractivity contribution >= 4 is 5.91 Å². The Hall–Kier alpha value is -1.53. The molecule has 1 heterocycles. The Morgan fingerprint density at radius 2 is 2.20 bits per heavy atom. The van der Waals surface area contributed by atoms with Crippen LogP contribution in [0.5, 0.6) is 0 Å². The molecule has 20 heavy (non-hydrogen) atoms. The van der Waals surface area contributed by atoms with E-state index in [4.69, 9.17) is 0 Å². The number of hydrogen-bond donors (Lipinski definition) is 0. The number of halogens is 3. The zero-order chi connectivity index (χ0) is 14.9. The molecule has 1 aliphatic carbocycles. The first-order chi connectivity index (χ1) is 9.31. The van der Waals surface area contributed by atoms with E-state index in [0.717, 1.165) is 17.7 Å². The number of amides is 1. The SMILES string of the molecule is CCn1cc(C(=O)N(CC(F)(F)F)[C@@H](C)C2CC2)cn1. The molecule has 4 nitrogen and oxygen atoms in total. The molecule has 0 aromatic carbocycles. The van der Waals surface area contributed by atoms with Crippen LogP contribution in [0.4, 0.5) is 13.2 Å². The Morgan fingerprint density at radius 1 is 1.55 bits per heavy atom. The number of carbonyl (C=O) groups excluding carboxylic acids is 1. The topological polar surface area (TPSA) is 38.1 Å². The zero-order valence-corrected chi connectivity index (χ0v) is 11.5. The van der Waals surface area contributed by atoms with Crippen molar-refractivity contribution in [3.05, 3.63) is 18.0 Å². The van der Waals surface area contributed by atoms with Gasteiger partial charge in [-0.15, -0.1) is 0 Å². The quantitative estimate of drug-likeness (QED) is 0.836. The third-order valence-electron chi connectivity index (χ3n) is 3.61. The molecule has 1 aromatic heterocycles. The van der Waals surface area contributed by atoms with E-state index in [0.29, 0.717) is 6.54 Å². The minimum absolute atomic E-state index is 0.183. The van der Waals surface area contributed by atoms with Crippen LogP contribution in [0.2, 0.25) is 0 Å². The van der Waals surface area contributed by atoms with Gasteiger partial charge in [-0.05, 0) is 32.6 Å². The predicted octanol–water partition coefficient (Wildman–Crippen LogP) is 2.71. The average molecular weight is 289 g/mol. The van der Waals surface area contributed by atoms with E-state index >= 15 is 0 Å². The van der Waals surface area contributed by atoms with Crippen molar-refractivity contribution in [2.24, 2.45) is 5.92 Å². The van der Waals surface area contributed by atoms with Gasteiger partial charge in [0.25, 0.3) is 5.91 Å². The fourth-order valence-corrected chi connectivity index (χ4v) is 2.24. The van der Waals surface area contributed by atoms with Crippen LogP contribution in [-0.4, -0.2) is 39.4 Å². The summed E-state index contributed by atoms with van der Waals surface area (Å²) in [6, 6.07) is -0.394. The van der Waals surface area contributed by atoms with Crippen LogP contribution in [-0.2, 0) is 6.54 Å². The summed E-state index contributed by atoms with van der Waals surface area (Å²) in [4.78, 5) is 13.2. The molecule has 1 saturated carbocycles. The number of rotatable bonds is 5. The van der Waals surface area contributed by atoms with Gasteiger partial charge < -0.3 is 4.90 Å². The van der Waals surface area contributed by atoms with Gasteiger partial charge in [0.2, 0.25) is 0 Å². The van der Waals surface area contributed by atoms with Gasteiger partial charge >= 0.3 is 6.18 Å². The molecule has 0 aliphatic heterocycles. The third kappa shape index (κ3) is 3.52. The molecule has 0 spiro atoms. The maximum atomic E-state index is 12.7. The summed E-state index contributed by atoms with van der Waals surface area (Å²) >= 11 is 0. The average Bonchev–Trinajstić information content (AvgIpc) is 3.11. The van der Waals surface area contributed by atoms with Gasteiger partial charge in [-0.3, -0.25) is 9.48 Å². The van der Waals surface area contributed by atoms with E-state index in [2.05, 4.69) is 5.10 Å². The molecule has 0 saturated heterocycles. The molecule has 1 amide bonds. The molecule has 0 unspecified atom stereocenters. The first kappa shape index (κ1) is 14.9. The highest BCUT2D eigenvalue weighted by molar-refractivity contribution is 5.94. The summed E-state index contributed by atoms with van der Waals surface area (Å²) in [6.45, 7) is 2.90. The first-order valence-electron chi connectivity index (χ1n) is 6.72. The van der Waals surface area contributed by atoms with Gasteiger partial charge in [0.15, 0.2) is 0 Å². The van der Waals surface area contributed by atoms with Crippen molar-refractivity contribution in [3.8, 4) is 0 Å². The van der Waals surface area contributed by atoms with Crippen LogP contribution in [0.1, 0.15) is 37.0 Å². The Bertz CT molecular complexity index is 479. The van der Waals surface area contributed by atoms with Crippen molar-refractivity contribution in [1.82, 2.24) is 14.7 Å². The van der Waals surface area contributed by atoms with Crippen LogP contribution < -0.4 is 0 Å². The summed E-state index contributed by atoms with van der Waals surface area (Å²) in [7, 11) is 0. The molecule has 0 radical (unpaired) electrons. The number of hydrogen-bond acceptors (Lipinski definition) is 2. The van der Waals surface area contributed by atoms with Crippen molar-refractivity contribution in [3.63, 3.8) is 0 Å². The lowest BCUT2D eigenvalue weighted by molar-refractivity contribution is -0.144. The highest BCUT2D eigenvalue weighted by atomic mass is 19.4.